The van der Waals surface area contributed by atoms with Crippen LogP contribution in [0.3, 0.4) is 0 Å². The molecule has 0 amide bonds. The molecule has 0 radical (unpaired) electrons. The third kappa shape index (κ3) is 6.88. The monoisotopic (exact) mass is 546 g/mol. The van der Waals surface area contributed by atoms with Crippen LogP contribution in [0.1, 0.15) is 42.1 Å². The summed E-state index contributed by atoms with van der Waals surface area (Å²) >= 11 is 1.78. The molecule has 0 bridgehead atoms. The molecular weight excluding hydrogens is 514 g/mol. The molecule has 166 valence electrons. The SMILES string of the molecule is CCNC(=NCC1(c2ccc(F)cc2)CCOCC1)NCCc1ncc(CC)s1.I. The molecule has 1 aromatic heterocycles. The number of thiazole rings is 1. The molecule has 1 aliphatic rings. The molecule has 0 atom stereocenters. The van der Waals surface area contributed by atoms with Gasteiger partial charge in [0.2, 0.25) is 0 Å². The number of rotatable bonds is 8. The van der Waals surface area contributed by atoms with Crippen molar-refractivity contribution in [2.45, 2.75) is 44.9 Å². The Hall–Kier alpha value is -1.26. The van der Waals surface area contributed by atoms with Gasteiger partial charge in [0.05, 0.1) is 11.6 Å². The van der Waals surface area contributed by atoms with Crippen LogP contribution in [-0.2, 0) is 23.0 Å². The quantitative estimate of drug-likeness (QED) is 0.295. The molecule has 2 heterocycles. The van der Waals surface area contributed by atoms with Gasteiger partial charge >= 0.3 is 0 Å². The summed E-state index contributed by atoms with van der Waals surface area (Å²) in [6, 6.07) is 6.87. The van der Waals surface area contributed by atoms with E-state index < -0.39 is 0 Å². The van der Waals surface area contributed by atoms with Crippen LogP contribution >= 0.6 is 35.3 Å². The lowest BCUT2D eigenvalue weighted by molar-refractivity contribution is 0.0531. The number of aryl methyl sites for hydroxylation is 1. The maximum atomic E-state index is 13.4. The molecule has 0 spiro atoms. The van der Waals surface area contributed by atoms with Crippen molar-refractivity contribution in [3.8, 4) is 0 Å². The summed E-state index contributed by atoms with van der Waals surface area (Å²) in [6.07, 6.45) is 5.66. The van der Waals surface area contributed by atoms with Gasteiger partial charge in [-0.05, 0) is 43.9 Å². The predicted octanol–water partition coefficient (Wildman–Crippen LogP) is 4.31. The number of guanidine groups is 1. The lowest BCUT2D eigenvalue weighted by atomic mass is 9.74. The van der Waals surface area contributed by atoms with Gasteiger partial charge in [-0.2, -0.15) is 0 Å². The van der Waals surface area contributed by atoms with Gasteiger partial charge in [0.25, 0.3) is 0 Å². The number of hydrogen-bond donors (Lipinski definition) is 2. The Morgan fingerprint density at radius 1 is 1.20 bits per heavy atom. The van der Waals surface area contributed by atoms with E-state index in [0.29, 0.717) is 19.8 Å². The molecule has 30 heavy (non-hydrogen) atoms. The fraction of sp³-hybridized carbons (Fsp3) is 0.545. The van der Waals surface area contributed by atoms with E-state index in [-0.39, 0.29) is 35.2 Å². The summed E-state index contributed by atoms with van der Waals surface area (Å²) in [4.78, 5) is 10.7. The summed E-state index contributed by atoms with van der Waals surface area (Å²) in [5, 5.41) is 7.91. The zero-order valence-corrected chi connectivity index (χ0v) is 20.9. The van der Waals surface area contributed by atoms with Crippen molar-refractivity contribution in [3.63, 3.8) is 0 Å². The summed E-state index contributed by atoms with van der Waals surface area (Å²) in [5.41, 5.74) is 1.02. The van der Waals surface area contributed by atoms with Crippen LogP contribution in [0.4, 0.5) is 4.39 Å². The Balaban J connectivity index is 0.00000320. The van der Waals surface area contributed by atoms with E-state index in [1.165, 1.54) is 17.0 Å². The molecule has 1 fully saturated rings. The second-order valence-corrected chi connectivity index (χ2v) is 8.55. The van der Waals surface area contributed by atoms with Gasteiger partial charge in [0.15, 0.2) is 5.96 Å². The standard InChI is InChI=1S/C22H31FN4OS.HI/c1-3-19-15-26-20(29-19)9-12-25-21(24-4-2)27-16-22(10-13-28-14-11-22)17-5-7-18(23)8-6-17;/h5-8,15H,3-4,9-14,16H2,1-2H3,(H2,24,25,27);1H. The van der Waals surface area contributed by atoms with Gasteiger partial charge in [0.1, 0.15) is 5.82 Å². The first-order valence-corrected chi connectivity index (χ1v) is 11.3. The number of hydrogen-bond acceptors (Lipinski definition) is 4. The third-order valence-electron chi connectivity index (χ3n) is 5.37. The summed E-state index contributed by atoms with van der Waals surface area (Å²) in [6.45, 7) is 7.87. The van der Waals surface area contributed by atoms with Crippen molar-refractivity contribution in [1.29, 1.82) is 0 Å². The van der Waals surface area contributed by atoms with E-state index in [2.05, 4.69) is 29.5 Å². The lowest BCUT2D eigenvalue weighted by Crippen LogP contribution is -2.41. The van der Waals surface area contributed by atoms with Gasteiger partial charge < -0.3 is 15.4 Å². The van der Waals surface area contributed by atoms with Crippen LogP contribution in [0.2, 0.25) is 0 Å². The van der Waals surface area contributed by atoms with Crippen molar-refractivity contribution >= 4 is 41.3 Å². The number of nitrogens with zero attached hydrogens (tertiary/aromatic N) is 2. The first-order valence-electron chi connectivity index (χ1n) is 10.4. The molecular formula is C22H32FIN4OS. The highest BCUT2D eigenvalue weighted by atomic mass is 127. The zero-order chi connectivity index (χ0) is 20.5. The maximum absolute atomic E-state index is 13.4. The Morgan fingerprint density at radius 2 is 1.93 bits per heavy atom. The van der Waals surface area contributed by atoms with Gasteiger partial charge in [-0.3, -0.25) is 4.99 Å². The summed E-state index contributed by atoms with van der Waals surface area (Å²) in [5.74, 6) is 0.607. The molecule has 5 nitrogen and oxygen atoms in total. The smallest absolute Gasteiger partial charge is 0.191 e. The first kappa shape index (κ1) is 25.0. The van der Waals surface area contributed by atoms with Crippen LogP contribution in [0.15, 0.2) is 35.5 Å². The van der Waals surface area contributed by atoms with Crippen LogP contribution in [-0.4, -0.2) is 43.8 Å². The number of ether oxygens (including phenoxy) is 1. The molecule has 0 aliphatic carbocycles. The van der Waals surface area contributed by atoms with Gasteiger partial charge in [-0.1, -0.05) is 19.1 Å². The summed E-state index contributed by atoms with van der Waals surface area (Å²) in [7, 11) is 0. The van der Waals surface area contributed by atoms with E-state index in [4.69, 9.17) is 9.73 Å². The summed E-state index contributed by atoms with van der Waals surface area (Å²) < 4.78 is 19.0. The second kappa shape index (κ2) is 12.6. The maximum Gasteiger partial charge on any atom is 0.191 e. The first-order chi connectivity index (χ1) is 14.1. The van der Waals surface area contributed by atoms with Crippen molar-refractivity contribution in [1.82, 2.24) is 15.6 Å². The Bertz CT molecular complexity index is 791. The van der Waals surface area contributed by atoms with E-state index >= 15 is 0 Å². The van der Waals surface area contributed by atoms with E-state index in [1.807, 2.05) is 18.3 Å². The van der Waals surface area contributed by atoms with Crippen molar-refractivity contribution < 1.29 is 9.13 Å². The Kier molecular flexibility index (Phi) is 10.5. The van der Waals surface area contributed by atoms with Gasteiger partial charge in [0, 0.05) is 49.2 Å². The highest BCUT2D eigenvalue weighted by Crippen LogP contribution is 2.35. The normalized spacial score (nSPS) is 16.0. The molecule has 3 rings (SSSR count). The fourth-order valence-electron chi connectivity index (χ4n) is 3.59. The third-order valence-corrected chi connectivity index (χ3v) is 6.57. The number of nitrogens with one attached hydrogen (secondary N) is 2. The fourth-order valence-corrected chi connectivity index (χ4v) is 4.45. The van der Waals surface area contributed by atoms with Crippen LogP contribution < -0.4 is 10.6 Å². The molecule has 2 aromatic rings. The van der Waals surface area contributed by atoms with Gasteiger partial charge in [-0.15, -0.1) is 35.3 Å². The van der Waals surface area contributed by atoms with E-state index in [0.717, 1.165) is 55.3 Å². The topological polar surface area (TPSA) is 58.5 Å². The molecule has 1 saturated heterocycles. The van der Waals surface area contributed by atoms with E-state index in [1.54, 1.807) is 11.3 Å². The molecule has 0 saturated carbocycles. The van der Waals surface area contributed by atoms with Gasteiger partial charge in [-0.25, -0.2) is 9.37 Å². The molecule has 1 aromatic carbocycles. The minimum atomic E-state index is -0.206. The second-order valence-electron chi connectivity index (χ2n) is 7.35. The highest BCUT2D eigenvalue weighted by Gasteiger charge is 2.34. The average Bonchev–Trinajstić information content (AvgIpc) is 3.21. The van der Waals surface area contributed by atoms with E-state index in [9.17, 15) is 4.39 Å². The van der Waals surface area contributed by atoms with Crippen LogP contribution in [0.5, 0.6) is 0 Å². The molecule has 0 unspecified atom stereocenters. The molecule has 2 N–H and O–H groups in total. The molecule has 8 heteroatoms. The Labute approximate surface area is 200 Å². The highest BCUT2D eigenvalue weighted by molar-refractivity contribution is 14.0. The average molecular weight is 546 g/mol. The minimum absolute atomic E-state index is 0. The minimum Gasteiger partial charge on any atom is -0.381 e. The van der Waals surface area contributed by atoms with Crippen LogP contribution in [0, 0.1) is 5.82 Å². The zero-order valence-electron chi connectivity index (χ0n) is 17.7. The number of halogens is 2. The van der Waals surface area contributed by atoms with Crippen molar-refractivity contribution in [3.05, 3.63) is 51.7 Å². The molecule has 1 aliphatic heterocycles. The van der Waals surface area contributed by atoms with Crippen molar-refractivity contribution in [2.75, 3.05) is 32.8 Å². The van der Waals surface area contributed by atoms with Crippen LogP contribution in [0.25, 0.3) is 0 Å². The lowest BCUT2D eigenvalue weighted by Gasteiger charge is -2.36. The van der Waals surface area contributed by atoms with Crippen molar-refractivity contribution in [2.24, 2.45) is 4.99 Å². The predicted molar refractivity (Wildman–Crippen MR) is 133 cm³/mol. The number of benzene rings is 1. The Morgan fingerprint density at radius 3 is 2.57 bits per heavy atom. The number of aliphatic imine (C=N–C) groups is 1. The largest absolute Gasteiger partial charge is 0.381 e. The number of aromatic nitrogens is 1.